The summed E-state index contributed by atoms with van der Waals surface area (Å²) in [5, 5.41) is 10.2. The van der Waals surface area contributed by atoms with Crippen molar-refractivity contribution in [3.63, 3.8) is 0 Å². The minimum atomic E-state index is -0.772. The second-order valence-corrected chi connectivity index (χ2v) is 5.89. The van der Waals surface area contributed by atoms with Gasteiger partial charge in [-0.25, -0.2) is 0 Å². The van der Waals surface area contributed by atoms with Crippen LogP contribution in [0.1, 0.15) is 16.1 Å². The van der Waals surface area contributed by atoms with Gasteiger partial charge in [0, 0.05) is 19.6 Å². The SMILES string of the molecule is O=C1CN(C(=O)c2ccco2)CC(O)CN1CCc1ccccc1. The lowest BCUT2D eigenvalue weighted by molar-refractivity contribution is -0.131. The topological polar surface area (TPSA) is 74.0 Å². The van der Waals surface area contributed by atoms with Crippen LogP contribution in [0.5, 0.6) is 0 Å². The number of β-amino-alcohol motifs (C(OH)–C–C–N with tert-alkyl or cyclic N) is 1. The smallest absolute Gasteiger partial charge is 0.290 e. The number of benzene rings is 1. The predicted molar refractivity (Wildman–Crippen MR) is 87.3 cm³/mol. The number of amides is 2. The molecule has 2 amide bonds. The summed E-state index contributed by atoms with van der Waals surface area (Å²) in [5.41, 5.74) is 1.13. The van der Waals surface area contributed by atoms with E-state index < -0.39 is 6.10 Å². The molecule has 0 saturated carbocycles. The van der Waals surface area contributed by atoms with Crippen LogP contribution in [0, 0.1) is 0 Å². The Hall–Kier alpha value is -2.60. The molecular formula is C18H20N2O4. The molecule has 24 heavy (non-hydrogen) atoms. The summed E-state index contributed by atoms with van der Waals surface area (Å²) >= 11 is 0. The highest BCUT2D eigenvalue weighted by Gasteiger charge is 2.30. The molecule has 1 aromatic carbocycles. The van der Waals surface area contributed by atoms with Crippen LogP contribution in [-0.4, -0.2) is 59.0 Å². The number of nitrogens with zero attached hydrogens (tertiary/aromatic N) is 2. The van der Waals surface area contributed by atoms with Gasteiger partial charge in [0.25, 0.3) is 5.91 Å². The van der Waals surface area contributed by atoms with Gasteiger partial charge in [-0.1, -0.05) is 30.3 Å². The largest absolute Gasteiger partial charge is 0.459 e. The summed E-state index contributed by atoms with van der Waals surface area (Å²) in [4.78, 5) is 27.8. The maximum absolute atomic E-state index is 12.5. The summed E-state index contributed by atoms with van der Waals surface area (Å²) in [7, 11) is 0. The van der Waals surface area contributed by atoms with Gasteiger partial charge < -0.3 is 19.3 Å². The van der Waals surface area contributed by atoms with Crippen molar-refractivity contribution in [1.82, 2.24) is 9.80 Å². The van der Waals surface area contributed by atoms with E-state index in [0.717, 1.165) is 5.56 Å². The second-order valence-electron chi connectivity index (χ2n) is 5.89. The van der Waals surface area contributed by atoms with Gasteiger partial charge in [0.1, 0.15) is 6.54 Å². The zero-order valence-corrected chi connectivity index (χ0v) is 13.3. The minimum absolute atomic E-state index is 0.0502. The molecular weight excluding hydrogens is 308 g/mol. The van der Waals surface area contributed by atoms with Gasteiger partial charge in [0.05, 0.1) is 12.4 Å². The van der Waals surface area contributed by atoms with E-state index in [1.807, 2.05) is 30.3 Å². The summed E-state index contributed by atoms with van der Waals surface area (Å²) in [6.07, 6.45) is 1.35. The van der Waals surface area contributed by atoms with Crippen molar-refractivity contribution in [3.8, 4) is 0 Å². The Morgan fingerprint density at radius 1 is 1.17 bits per heavy atom. The molecule has 1 atom stereocenters. The highest BCUT2D eigenvalue weighted by atomic mass is 16.3. The molecule has 0 aliphatic carbocycles. The number of carbonyl (C=O) groups excluding carboxylic acids is 2. The standard InChI is InChI=1S/C18H20N2O4/c21-15-11-19(9-8-14-5-2-1-3-6-14)17(22)13-20(12-15)18(23)16-7-4-10-24-16/h1-7,10,15,21H,8-9,11-13H2. The Morgan fingerprint density at radius 3 is 2.67 bits per heavy atom. The molecule has 0 radical (unpaired) electrons. The molecule has 1 aromatic heterocycles. The van der Waals surface area contributed by atoms with Crippen molar-refractivity contribution in [2.24, 2.45) is 0 Å². The first-order chi connectivity index (χ1) is 11.6. The van der Waals surface area contributed by atoms with Crippen LogP contribution in [-0.2, 0) is 11.2 Å². The van der Waals surface area contributed by atoms with E-state index >= 15 is 0 Å². The van der Waals surface area contributed by atoms with Gasteiger partial charge in [0.15, 0.2) is 5.76 Å². The summed E-state index contributed by atoms with van der Waals surface area (Å²) in [5.74, 6) is -0.368. The van der Waals surface area contributed by atoms with E-state index in [-0.39, 0.29) is 37.2 Å². The zero-order chi connectivity index (χ0) is 16.9. The maximum Gasteiger partial charge on any atom is 0.290 e. The minimum Gasteiger partial charge on any atom is -0.459 e. The number of hydrogen-bond acceptors (Lipinski definition) is 4. The lowest BCUT2D eigenvalue weighted by atomic mass is 10.1. The van der Waals surface area contributed by atoms with Crippen LogP contribution in [0.2, 0.25) is 0 Å². The van der Waals surface area contributed by atoms with Gasteiger partial charge in [0.2, 0.25) is 5.91 Å². The van der Waals surface area contributed by atoms with E-state index in [1.165, 1.54) is 11.2 Å². The Bertz CT molecular complexity index is 684. The van der Waals surface area contributed by atoms with E-state index in [0.29, 0.717) is 13.0 Å². The molecule has 1 unspecified atom stereocenters. The molecule has 1 fully saturated rings. The van der Waals surface area contributed by atoms with E-state index in [2.05, 4.69) is 0 Å². The number of furan rings is 1. The van der Waals surface area contributed by atoms with Crippen molar-refractivity contribution in [2.45, 2.75) is 12.5 Å². The van der Waals surface area contributed by atoms with Gasteiger partial charge in [-0.3, -0.25) is 9.59 Å². The van der Waals surface area contributed by atoms with Crippen molar-refractivity contribution >= 4 is 11.8 Å². The highest BCUT2D eigenvalue weighted by Crippen LogP contribution is 2.12. The average molecular weight is 328 g/mol. The molecule has 3 rings (SSSR count). The van der Waals surface area contributed by atoms with Crippen molar-refractivity contribution in [3.05, 3.63) is 60.1 Å². The summed E-state index contributed by atoms with van der Waals surface area (Å²) in [6.45, 7) is 0.814. The predicted octanol–water partition coefficient (Wildman–Crippen LogP) is 1.17. The molecule has 2 heterocycles. The quantitative estimate of drug-likeness (QED) is 0.914. The Labute approximate surface area is 140 Å². The fourth-order valence-electron chi connectivity index (χ4n) is 2.83. The molecule has 1 saturated heterocycles. The van der Waals surface area contributed by atoms with Gasteiger partial charge in [-0.15, -0.1) is 0 Å². The zero-order valence-electron chi connectivity index (χ0n) is 13.3. The first-order valence-corrected chi connectivity index (χ1v) is 7.96. The maximum atomic E-state index is 12.5. The average Bonchev–Trinajstić information content (AvgIpc) is 3.08. The highest BCUT2D eigenvalue weighted by molar-refractivity contribution is 5.94. The molecule has 0 bridgehead atoms. The van der Waals surface area contributed by atoms with Crippen molar-refractivity contribution in [2.75, 3.05) is 26.2 Å². The summed E-state index contributed by atoms with van der Waals surface area (Å²) in [6, 6.07) is 13.0. The third-order valence-electron chi connectivity index (χ3n) is 4.07. The van der Waals surface area contributed by atoms with Crippen LogP contribution in [0.15, 0.2) is 53.1 Å². The van der Waals surface area contributed by atoms with Crippen molar-refractivity contribution < 1.29 is 19.1 Å². The van der Waals surface area contributed by atoms with Crippen LogP contribution in [0.3, 0.4) is 0 Å². The van der Waals surface area contributed by atoms with Crippen LogP contribution < -0.4 is 0 Å². The first-order valence-electron chi connectivity index (χ1n) is 7.96. The fourth-order valence-corrected chi connectivity index (χ4v) is 2.83. The van der Waals surface area contributed by atoms with Crippen LogP contribution >= 0.6 is 0 Å². The number of carbonyl (C=O) groups is 2. The Balaban J connectivity index is 1.64. The third kappa shape index (κ3) is 3.83. The van der Waals surface area contributed by atoms with E-state index in [1.54, 1.807) is 17.0 Å². The molecule has 1 N–H and O–H groups in total. The lowest BCUT2D eigenvalue weighted by Crippen LogP contribution is -2.40. The van der Waals surface area contributed by atoms with Gasteiger partial charge >= 0.3 is 0 Å². The molecule has 1 aliphatic rings. The second kappa shape index (κ2) is 7.31. The third-order valence-corrected chi connectivity index (χ3v) is 4.07. The number of hydrogen-bond donors (Lipinski definition) is 1. The monoisotopic (exact) mass is 328 g/mol. The molecule has 6 heteroatoms. The normalized spacial score (nSPS) is 18.5. The van der Waals surface area contributed by atoms with Crippen LogP contribution in [0.4, 0.5) is 0 Å². The fraction of sp³-hybridized carbons (Fsp3) is 0.333. The molecule has 2 aromatic rings. The lowest BCUT2D eigenvalue weighted by Gasteiger charge is -2.21. The van der Waals surface area contributed by atoms with Gasteiger partial charge in [-0.2, -0.15) is 0 Å². The molecule has 1 aliphatic heterocycles. The van der Waals surface area contributed by atoms with Gasteiger partial charge in [-0.05, 0) is 24.1 Å². The molecule has 6 nitrogen and oxygen atoms in total. The number of aliphatic hydroxyl groups is 1. The Morgan fingerprint density at radius 2 is 1.96 bits per heavy atom. The van der Waals surface area contributed by atoms with Crippen molar-refractivity contribution in [1.29, 1.82) is 0 Å². The number of rotatable bonds is 4. The van der Waals surface area contributed by atoms with Crippen LogP contribution in [0.25, 0.3) is 0 Å². The summed E-state index contributed by atoms with van der Waals surface area (Å²) < 4.78 is 5.09. The van der Waals surface area contributed by atoms with E-state index in [4.69, 9.17) is 4.42 Å². The molecule has 0 spiro atoms. The number of aliphatic hydroxyl groups excluding tert-OH is 1. The molecule has 126 valence electrons. The first kappa shape index (κ1) is 16.3. The Kier molecular flexibility index (Phi) is 4.96. The van der Waals surface area contributed by atoms with E-state index in [9.17, 15) is 14.7 Å².